The summed E-state index contributed by atoms with van der Waals surface area (Å²) in [7, 11) is 1.58. The molecule has 0 spiro atoms. The van der Waals surface area contributed by atoms with Gasteiger partial charge in [-0.05, 0) is 47.5 Å². The first-order chi connectivity index (χ1) is 14.9. The van der Waals surface area contributed by atoms with E-state index in [4.69, 9.17) is 0 Å². The van der Waals surface area contributed by atoms with Gasteiger partial charge in [-0.2, -0.15) is 0 Å². The molecule has 6 nitrogen and oxygen atoms in total. The Labute approximate surface area is 177 Å². The third-order valence-corrected chi connectivity index (χ3v) is 5.17. The maximum atomic E-state index is 13.3. The van der Waals surface area contributed by atoms with Crippen LogP contribution < -0.4 is 16.4 Å². The third-order valence-electron chi connectivity index (χ3n) is 5.17. The highest BCUT2D eigenvalue weighted by atomic mass is 19.1. The van der Waals surface area contributed by atoms with Crippen LogP contribution >= 0.6 is 0 Å². The van der Waals surface area contributed by atoms with Crippen LogP contribution in [0.2, 0.25) is 0 Å². The Bertz CT molecular complexity index is 1390. The molecule has 0 atom stereocenters. The summed E-state index contributed by atoms with van der Waals surface area (Å²) in [5, 5.41) is 2.75. The van der Waals surface area contributed by atoms with Crippen LogP contribution in [-0.2, 0) is 20.1 Å². The summed E-state index contributed by atoms with van der Waals surface area (Å²) >= 11 is 0. The predicted molar refractivity (Wildman–Crippen MR) is 117 cm³/mol. The van der Waals surface area contributed by atoms with Crippen LogP contribution in [0.4, 0.5) is 4.39 Å². The van der Waals surface area contributed by atoms with Crippen molar-refractivity contribution in [2.45, 2.75) is 13.1 Å². The maximum absolute atomic E-state index is 13.3. The van der Waals surface area contributed by atoms with Crippen molar-refractivity contribution in [1.29, 1.82) is 0 Å². The first-order valence-corrected chi connectivity index (χ1v) is 9.74. The largest absolute Gasteiger partial charge is 0.348 e. The van der Waals surface area contributed by atoms with Crippen molar-refractivity contribution in [2.24, 2.45) is 7.05 Å². The van der Waals surface area contributed by atoms with Crippen molar-refractivity contribution in [2.75, 3.05) is 0 Å². The van der Waals surface area contributed by atoms with Gasteiger partial charge in [0.25, 0.3) is 5.91 Å². The lowest BCUT2D eigenvalue weighted by atomic mass is 10.1. The van der Waals surface area contributed by atoms with Crippen molar-refractivity contribution in [3.8, 4) is 0 Å². The molecule has 4 rings (SSSR count). The van der Waals surface area contributed by atoms with Crippen LogP contribution in [0.5, 0.6) is 0 Å². The first kappa shape index (κ1) is 20.3. The minimum atomic E-state index is -0.599. The standard InChI is InChI=1S/C24H20FN3O3/c1-27-20-7-2-3-8-21(20)28(24(31)23(27)30)15-16-9-11-18(12-10-16)22(29)26-14-17-5-4-6-19(25)13-17/h2-13H,14-15H2,1H3,(H,26,29). The smallest absolute Gasteiger partial charge is 0.317 e. The van der Waals surface area contributed by atoms with E-state index in [-0.39, 0.29) is 24.8 Å². The van der Waals surface area contributed by atoms with Gasteiger partial charge in [0.1, 0.15) is 5.82 Å². The van der Waals surface area contributed by atoms with E-state index < -0.39 is 11.1 Å². The molecule has 0 unspecified atom stereocenters. The van der Waals surface area contributed by atoms with Gasteiger partial charge in [-0.25, -0.2) is 4.39 Å². The van der Waals surface area contributed by atoms with E-state index >= 15 is 0 Å². The summed E-state index contributed by atoms with van der Waals surface area (Å²) in [6, 6.07) is 20.1. The SMILES string of the molecule is Cn1c(=O)c(=O)n(Cc2ccc(C(=O)NCc3cccc(F)c3)cc2)c2ccccc21. The number of carbonyl (C=O) groups excluding carboxylic acids is 1. The molecule has 1 heterocycles. The highest BCUT2D eigenvalue weighted by molar-refractivity contribution is 5.94. The molecular formula is C24H20FN3O3. The van der Waals surface area contributed by atoms with Crippen LogP contribution in [0, 0.1) is 5.82 Å². The van der Waals surface area contributed by atoms with Crippen molar-refractivity contribution in [3.63, 3.8) is 0 Å². The summed E-state index contributed by atoms with van der Waals surface area (Å²) in [5.74, 6) is -0.637. The normalized spacial score (nSPS) is 10.9. The van der Waals surface area contributed by atoms with E-state index in [0.29, 0.717) is 22.2 Å². The maximum Gasteiger partial charge on any atom is 0.317 e. The Balaban J connectivity index is 1.54. The number of rotatable bonds is 5. The Morgan fingerprint density at radius 2 is 1.58 bits per heavy atom. The van der Waals surface area contributed by atoms with Gasteiger partial charge in [-0.1, -0.05) is 36.4 Å². The van der Waals surface area contributed by atoms with E-state index in [1.54, 1.807) is 55.6 Å². The van der Waals surface area contributed by atoms with Gasteiger partial charge in [0.05, 0.1) is 17.6 Å². The van der Waals surface area contributed by atoms with Crippen LogP contribution in [0.25, 0.3) is 11.0 Å². The minimum Gasteiger partial charge on any atom is -0.348 e. The summed E-state index contributed by atoms with van der Waals surface area (Å²) in [5.41, 5.74) is 2.03. The third kappa shape index (κ3) is 4.16. The number of benzene rings is 3. The molecule has 7 heteroatoms. The Morgan fingerprint density at radius 1 is 0.871 bits per heavy atom. The molecule has 1 amide bonds. The molecular weight excluding hydrogens is 397 g/mol. The van der Waals surface area contributed by atoms with Crippen molar-refractivity contribution >= 4 is 16.9 Å². The lowest BCUT2D eigenvalue weighted by molar-refractivity contribution is 0.0951. The van der Waals surface area contributed by atoms with Crippen molar-refractivity contribution < 1.29 is 9.18 Å². The van der Waals surface area contributed by atoms with E-state index in [2.05, 4.69) is 5.32 Å². The predicted octanol–water partition coefficient (Wildman–Crippen LogP) is 2.82. The van der Waals surface area contributed by atoms with Crippen LogP contribution in [0.3, 0.4) is 0 Å². The number of halogens is 1. The van der Waals surface area contributed by atoms with Crippen molar-refractivity contribution in [1.82, 2.24) is 14.5 Å². The second kappa shape index (κ2) is 8.39. The van der Waals surface area contributed by atoms with E-state index in [0.717, 1.165) is 5.56 Å². The molecule has 0 aliphatic heterocycles. The Hall–Kier alpha value is -4.00. The summed E-state index contributed by atoms with van der Waals surface area (Å²) in [6.45, 7) is 0.424. The average Bonchev–Trinajstić information content (AvgIpc) is 2.79. The Morgan fingerprint density at radius 3 is 2.29 bits per heavy atom. The van der Waals surface area contributed by atoms with E-state index in [1.807, 2.05) is 12.1 Å². The second-order valence-corrected chi connectivity index (χ2v) is 7.25. The number of fused-ring (bicyclic) bond motifs is 1. The van der Waals surface area contributed by atoms with Crippen LogP contribution in [-0.4, -0.2) is 15.0 Å². The van der Waals surface area contributed by atoms with Gasteiger partial charge in [0, 0.05) is 19.2 Å². The zero-order chi connectivity index (χ0) is 22.0. The lowest BCUT2D eigenvalue weighted by Crippen LogP contribution is -2.40. The number of para-hydroxylation sites is 2. The molecule has 0 radical (unpaired) electrons. The highest BCUT2D eigenvalue weighted by Gasteiger charge is 2.12. The van der Waals surface area contributed by atoms with Gasteiger partial charge < -0.3 is 9.88 Å². The fourth-order valence-electron chi connectivity index (χ4n) is 3.49. The number of hydrogen-bond acceptors (Lipinski definition) is 3. The minimum absolute atomic E-state index is 0.209. The molecule has 31 heavy (non-hydrogen) atoms. The van der Waals surface area contributed by atoms with E-state index in [1.165, 1.54) is 21.3 Å². The quantitative estimate of drug-likeness (QED) is 0.508. The number of nitrogens with one attached hydrogen (secondary N) is 1. The molecule has 3 aromatic carbocycles. The molecule has 0 saturated heterocycles. The molecule has 0 fully saturated rings. The topological polar surface area (TPSA) is 73.1 Å². The zero-order valence-electron chi connectivity index (χ0n) is 16.8. The zero-order valence-corrected chi connectivity index (χ0v) is 16.8. The monoisotopic (exact) mass is 417 g/mol. The Kier molecular flexibility index (Phi) is 5.49. The molecule has 1 aromatic heterocycles. The van der Waals surface area contributed by atoms with Crippen molar-refractivity contribution in [3.05, 3.63) is 116 Å². The molecule has 0 aliphatic rings. The molecule has 156 valence electrons. The molecule has 1 N–H and O–H groups in total. The fourth-order valence-corrected chi connectivity index (χ4v) is 3.49. The van der Waals surface area contributed by atoms with E-state index in [9.17, 15) is 18.8 Å². The number of carbonyl (C=O) groups is 1. The second-order valence-electron chi connectivity index (χ2n) is 7.25. The first-order valence-electron chi connectivity index (χ1n) is 9.74. The van der Waals surface area contributed by atoms with Gasteiger partial charge in [0.15, 0.2) is 0 Å². The summed E-state index contributed by atoms with van der Waals surface area (Å²) in [6.07, 6.45) is 0. The number of nitrogens with zero attached hydrogens (tertiary/aromatic N) is 2. The van der Waals surface area contributed by atoms with Crippen LogP contribution in [0.15, 0.2) is 82.4 Å². The lowest BCUT2D eigenvalue weighted by Gasteiger charge is -2.13. The number of aryl methyl sites for hydroxylation is 1. The highest BCUT2D eigenvalue weighted by Crippen LogP contribution is 2.12. The number of aromatic nitrogens is 2. The molecule has 0 saturated carbocycles. The summed E-state index contributed by atoms with van der Waals surface area (Å²) in [4.78, 5) is 37.2. The van der Waals surface area contributed by atoms with Gasteiger partial charge >= 0.3 is 11.1 Å². The summed E-state index contributed by atoms with van der Waals surface area (Å²) < 4.78 is 16.0. The molecule has 4 aromatic rings. The van der Waals surface area contributed by atoms with Gasteiger partial charge in [0.2, 0.25) is 0 Å². The molecule has 0 bridgehead atoms. The van der Waals surface area contributed by atoms with Crippen LogP contribution in [0.1, 0.15) is 21.5 Å². The average molecular weight is 417 g/mol. The van der Waals surface area contributed by atoms with Gasteiger partial charge in [-0.3, -0.25) is 19.0 Å². The number of hydrogen-bond donors (Lipinski definition) is 1. The fraction of sp³-hybridized carbons (Fsp3) is 0.125. The van der Waals surface area contributed by atoms with Gasteiger partial charge in [-0.15, -0.1) is 0 Å². The number of amides is 1. The molecule has 0 aliphatic carbocycles.